The van der Waals surface area contributed by atoms with E-state index in [4.69, 9.17) is 74.8 Å². The third kappa shape index (κ3) is 19.4. The zero-order chi connectivity index (χ0) is 56.2. The zero-order valence-corrected chi connectivity index (χ0v) is 48.5. The number of sulfone groups is 1. The number of ketones is 1. The molecule has 0 spiro atoms. The van der Waals surface area contributed by atoms with Gasteiger partial charge < -0.3 is 53.8 Å². The lowest BCUT2D eigenvalue weighted by molar-refractivity contribution is -0.145. The number of halogens is 4. The lowest BCUT2D eigenvalue weighted by atomic mass is 9.85. The van der Waals surface area contributed by atoms with Gasteiger partial charge in [-0.1, -0.05) is 70.7 Å². The molecule has 6 rings (SSSR count). The Hall–Kier alpha value is -3.36. The Labute approximate surface area is 477 Å². The number of hydrogen-bond acceptors (Lipinski definition) is 16. The van der Waals surface area contributed by atoms with E-state index in [0.717, 1.165) is 33.4 Å². The Balaban J connectivity index is 0.717. The van der Waals surface area contributed by atoms with Crippen LogP contribution in [0.25, 0.3) is 0 Å². The van der Waals surface area contributed by atoms with Crippen molar-refractivity contribution in [1.29, 1.82) is 0 Å². The van der Waals surface area contributed by atoms with Crippen molar-refractivity contribution in [2.75, 3.05) is 125 Å². The first-order valence-electron chi connectivity index (χ1n) is 25.7. The molecule has 1 amide bonds. The van der Waals surface area contributed by atoms with E-state index in [9.17, 15) is 36.6 Å². The molecule has 0 saturated heterocycles. The summed E-state index contributed by atoms with van der Waals surface area (Å²) in [7, 11) is -3.39. The van der Waals surface area contributed by atoms with Crippen molar-refractivity contribution in [3.8, 4) is 0 Å². The number of fused-ring (bicyclic) bond motifs is 2. The fourth-order valence-electron chi connectivity index (χ4n) is 9.14. The van der Waals surface area contributed by atoms with Crippen LogP contribution in [0, 0.1) is 0 Å². The van der Waals surface area contributed by atoms with Crippen LogP contribution in [0.3, 0.4) is 0 Å². The third-order valence-electron chi connectivity index (χ3n) is 13.1. The summed E-state index contributed by atoms with van der Waals surface area (Å²) in [6, 6.07) is 21.1. The number of Topliss-reactive ketones (excluding diaryl/α,β-unsaturated/α-hetero) is 1. The topological polar surface area (TPSA) is 229 Å². The number of amides is 1. The maximum absolute atomic E-state index is 13.3. The van der Waals surface area contributed by atoms with Gasteiger partial charge in [-0.15, -0.1) is 0 Å². The number of nitrogens with zero attached hydrogens (tertiary/aromatic N) is 2. The van der Waals surface area contributed by atoms with E-state index < -0.39 is 43.8 Å². The second-order valence-corrected chi connectivity index (χ2v) is 24.6. The van der Waals surface area contributed by atoms with Crippen molar-refractivity contribution >= 4 is 78.0 Å². The third-order valence-corrected chi connectivity index (χ3v) is 17.4. The van der Waals surface area contributed by atoms with Gasteiger partial charge in [0.2, 0.25) is 10.0 Å². The highest BCUT2D eigenvalue weighted by atomic mass is 35.5. The summed E-state index contributed by atoms with van der Waals surface area (Å²) in [5.74, 6) is -1.90. The van der Waals surface area contributed by atoms with Crippen LogP contribution in [0.2, 0.25) is 20.1 Å². The Morgan fingerprint density at radius 1 is 0.590 bits per heavy atom. The predicted octanol–water partition coefficient (Wildman–Crippen LogP) is 5.88. The minimum atomic E-state index is -3.82. The minimum Gasteiger partial charge on any atom is -0.382 e. The van der Waals surface area contributed by atoms with Crippen molar-refractivity contribution in [2.45, 2.75) is 66.2 Å². The number of aliphatic hydroxyl groups is 2. The number of aliphatic hydroxyl groups excluding tert-OH is 2. The summed E-state index contributed by atoms with van der Waals surface area (Å²) in [6.07, 6.45) is -3.43. The fourth-order valence-corrected chi connectivity index (χ4v) is 12.7. The summed E-state index contributed by atoms with van der Waals surface area (Å²) >= 11 is 25.7. The highest BCUT2D eigenvalue weighted by molar-refractivity contribution is 7.91. The van der Waals surface area contributed by atoms with Crippen LogP contribution in [0.4, 0.5) is 0 Å². The van der Waals surface area contributed by atoms with Crippen molar-refractivity contribution < 1.29 is 65.1 Å². The van der Waals surface area contributed by atoms with E-state index in [1.807, 2.05) is 38.4 Å². The summed E-state index contributed by atoms with van der Waals surface area (Å²) in [6.45, 7) is 5.32. The van der Waals surface area contributed by atoms with Crippen LogP contribution in [-0.2, 0) is 71.0 Å². The van der Waals surface area contributed by atoms with E-state index >= 15 is 0 Å². The van der Waals surface area contributed by atoms with Gasteiger partial charge >= 0.3 is 0 Å². The lowest BCUT2D eigenvalue weighted by Gasteiger charge is -2.33. The number of ether oxygens (including phenoxy) is 6. The number of nitrogens with one attached hydrogen (secondary N) is 2. The molecule has 3 unspecified atom stereocenters. The molecule has 0 aromatic heterocycles. The second kappa shape index (κ2) is 31.7. The highest BCUT2D eigenvalue weighted by Crippen LogP contribution is 2.40. The molecule has 4 aromatic rings. The van der Waals surface area contributed by atoms with Crippen LogP contribution in [-0.4, -0.2) is 186 Å². The average molecular weight is 1210 g/mol. The Bertz CT molecular complexity index is 2650. The molecule has 4 N–H and O–H groups in total. The number of sulfonamides is 1. The first kappa shape index (κ1) is 63.8. The van der Waals surface area contributed by atoms with Crippen LogP contribution >= 0.6 is 46.4 Å². The molecule has 4 aromatic carbocycles. The molecule has 4 atom stereocenters. The van der Waals surface area contributed by atoms with Gasteiger partial charge in [0.1, 0.15) is 6.10 Å². The maximum Gasteiger partial charge on any atom is 0.252 e. The number of carbonyl (C=O) groups excluding carboxylic acids is 2. The normalized spacial score (nSPS) is 16.9. The van der Waals surface area contributed by atoms with Gasteiger partial charge in [-0.2, -0.15) is 0 Å². The quantitative estimate of drug-likeness (QED) is 0.0400. The van der Waals surface area contributed by atoms with Gasteiger partial charge in [0.15, 0.2) is 21.7 Å². The molecule has 18 nitrogen and oxygen atoms in total. The van der Waals surface area contributed by atoms with E-state index in [1.165, 1.54) is 0 Å². The van der Waals surface area contributed by atoms with Gasteiger partial charge in [0.25, 0.3) is 5.91 Å². The van der Waals surface area contributed by atoms with Gasteiger partial charge in [-0.25, -0.2) is 21.6 Å². The molecule has 0 radical (unpaired) electrons. The Morgan fingerprint density at radius 2 is 1.04 bits per heavy atom. The number of carbonyl (C=O) groups is 2. The van der Waals surface area contributed by atoms with Crippen molar-refractivity contribution in [3.05, 3.63) is 126 Å². The molecule has 0 fully saturated rings. The molecule has 24 heteroatoms. The van der Waals surface area contributed by atoms with Gasteiger partial charge in [0, 0.05) is 90.8 Å². The summed E-state index contributed by atoms with van der Waals surface area (Å²) in [5.41, 5.74) is 5.67. The Kier molecular flexibility index (Phi) is 26.0. The molecule has 0 bridgehead atoms. The van der Waals surface area contributed by atoms with Crippen LogP contribution in [0.15, 0.2) is 82.6 Å². The monoisotopic (exact) mass is 1200 g/mol. The van der Waals surface area contributed by atoms with Gasteiger partial charge in [0.05, 0.1) is 81.6 Å². The number of likely N-dealkylation sites (N-methyl/N-ethyl adjacent to an activating group) is 2. The lowest BCUT2D eigenvalue weighted by Crippen LogP contribution is -2.46. The summed E-state index contributed by atoms with van der Waals surface area (Å²) in [4.78, 5) is 29.4. The fraction of sp³-hybridized carbons (Fsp3) is 0.519. The van der Waals surface area contributed by atoms with E-state index in [0.29, 0.717) is 52.7 Å². The average Bonchev–Trinajstić information content (AvgIpc) is 3.50. The first-order chi connectivity index (χ1) is 37.3. The van der Waals surface area contributed by atoms with E-state index in [-0.39, 0.29) is 133 Å². The molecular formula is C54H70Cl4N4O14S2. The summed E-state index contributed by atoms with van der Waals surface area (Å²) < 4.78 is 88.3. The van der Waals surface area contributed by atoms with Crippen LogP contribution in [0.1, 0.15) is 64.5 Å². The standard InChI is InChI=1S/C54H70Cl4N4O14S2/c1-61-33-45(43-29-39(55)31-49(57)47(43)35-61)37-7-3-9-41(27-37)77(67,68)26-6-15-72-19-23-75-22-18-71-14-5-11-51(63)52(64)53(65)54(66)59-12-16-73-20-24-76-25-21-74-17-13-60-78(69,70)42-10-4-8-38(28-42)46-34-62(2)36-48-44(46)30-40(56)32-50(48)58/h3-4,7-10,27-32,45-46,52-53,60,64-65H,5-6,11-26,33-36H2,1-2H3,(H,59,66)/t45?,46-,52?,53?/m0/s1. The molecule has 2 aliphatic heterocycles. The molecule has 0 aliphatic carbocycles. The maximum atomic E-state index is 13.3. The molecule has 2 aliphatic rings. The SMILES string of the molecule is CN1Cc2c(Cl)cc(Cl)cc2C(c2cccc(S(=O)(=O)CCCOCCOCCOCCCC(=O)C(O)C(O)C(=O)NCCOCCOCCOCCNS(=O)(=O)c3cccc([C@@H]4CN(C)Cc5c(Cl)cc(Cl)cc54)c3)c2)C1. The number of rotatable bonds is 34. The van der Waals surface area contributed by atoms with Gasteiger partial charge in [-0.05, 0) is 109 Å². The molecular weight excluding hydrogens is 1130 g/mol. The summed E-state index contributed by atoms with van der Waals surface area (Å²) in [5, 5.41) is 25.1. The van der Waals surface area contributed by atoms with E-state index in [1.54, 1.807) is 48.5 Å². The first-order valence-corrected chi connectivity index (χ1v) is 30.4. The Morgan fingerprint density at radius 3 is 1.56 bits per heavy atom. The largest absolute Gasteiger partial charge is 0.382 e. The van der Waals surface area contributed by atoms with Crippen LogP contribution < -0.4 is 10.0 Å². The van der Waals surface area contributed by atoms with Crippen molar-refractivity contribution in [1.82, 2.24) is 19.8 Å². The molecule has 2 heterocycles. The highest BCUT2D eigenvalue weighted by Gasteiger charge is 2.31. The number of benzene rings is 4. The number of hydrogen-bond donors (Lipinski definition) is 4. The van der Waals surface area contributed by atoms with E-state index in [2.05, 4.69) is 19.8 Å². The smallest absolute Gasteiger partial charge is 0.252 e. The molecule has 78 heavy (non-hydrogen) atoms. The minimum absolute atomic E-state index is 0.0151. The van der Waals surface area contributed by atoms with Gasteiger partial charge in [-0.3, -0.25) is 9.59 Å². The second-order valence-electron chi connectivity index (χ2n) is 19.0. The predicted molar refractivity (Wildman–Crippen MR) is 298 cm³/mol. The van der Waals surface area contributed by atoms with Crippen molar-refractivity contribution in [2.24, 2.45) is 0 Å². The molecule has 430 valence electrons. The molecule has 0 saturated carbocycles. The zero-order valence-electron chi connectivity index (χ0n) is 43.8. The van der Waals surface area contributed by atoms with Crippen LogP contribution in [0.5, 0.6) is 0 Å². The van der Waals surface area contributed by atoms with Crippen molar-refractivity contribution in [3.63, 3.8) is 0 Å².